The summed E-state index contributed by atoms with van der Waals surface area (Å²) in [6, 6.07) is 0. The van der Waals surface area contributed by atoms with Crippen LogP contribution in [-0.4, -0.2) is 47.6 Å². The average Bonchev–Trinajstić information content (AvgIpc) is 3.09. The highest BCUT2D eigenvalue weighted by atomic mass is 32.1. The van der Waals surface area contributed by atoms with Crippen LogP contribution in [0.15, 0.2) is 6.20 Å². The monoisotopic (exact) mass is 413 g/mol. The predicted octanol–water partition coefficient (Wildman–Crippen LogP) is 4.18. The fourth-order valence-electron chi connectivity index (χ4n) is 3.18. The van der Waals surface area contributed by atoms with Gasteiger partial charge in [-0.05, 0) is 39.5 Å². The molecule has 0 saturated heterocycles. The predicted molar refractivity (Wildman–Crippen MR) is 112 cm³/mol. The first-order valence-corrected chi connectivity index (χ1v) is 11.1. The Morgan fingerprint density at radius 2 is 2.11 bits per heavy atom. The van der Waals surface area contributed by atoms with Crippen LogP contribution in [0.5, 0.6) is 5.19 Å². The number of hydrogen-bond acceptors (Lipinski definition) is 7. The summed E-state index contributed by atoms with van der Waals surface area (Å²) >= 11 is 1.21. The SMILES string of the molecule is CC(C)(C)NCC(O)COc1ncc(NC(=O)OCCCC2CCCCC2)s1. The lowest BCUT2D eigenvalue weighted by molar-refractivity contribution is 0.0999. The average molecular weight is 414 g/mol. The van der Waals surface area contributed by atoms with Crippen LogP contribution >= 0.6 is 11.3 Å². The third-order valence-electron chi connectivity index (χ3n) is 4.69. The number of β-amino-alcohol motifs (C(OH)–C–C–N with tert-alkyl or cyclic N) is 1. The molecule has 8 heteroatoms. The van der Waals surface area contributed by atoms with Crippen molar-refractivity contribution in [2.24, 2.45) is 5.92 Å². The van der Waals surface area contributed by atoms with Gasteiger partial charge in [0.05, 0.1) is 12.8 Å². The lowest BCUT2D eigenvalue weighted by Crippen LogP contribution is -2.42. The molecule has 0 spiro atoms. The van der Waals surface area contributed by atoms with E-state index in [-0.39, 0.29) is 12.1 Å². The molecular formula is C20H35N3O4S. The van der Waals surface area contributed by atoms with Crippen molar-refractivity contribution in [2.75, 3.05) is 25.1 Å². The summed E-state index contributed by atoms with van der Waals surface area (Å²) in [6.45, 7) is 7.13. The summed E-state index contributed by atoms with van der Waals surface area (Å²) in [6.07, 6.45) is 9.16. The summed E-state index contributed by atoms with van der Waals surface area (Å²) in [5.41, 5.74) is -0.0595. The summed E-state index contributed by atoms with van der Waals surface area (Å²) in [5, 5.41) is 16.8. The molecule has 0 aliphatic heterocycles. The van der Waals surface area contributed by atoms with Crippen molar-refractivity contribution in [2.45, 2.75) is 77.4 Å². The van der Waals surface area contributed by atoms with E-state index in [0.717, 1.165) is 18.8 Å². The van der Waals surface area contributed by atoms with Gasteiger partial charge >= 0.3 is 6.09 Å². The van der Waals surface area contributed by atoms with Crippen molar-refractivity contribution in [3.05, 3.63) is 6.20 Å². The standard InChI is InChI=1S/C20H35N3O4S/c1-20(2,3)22-12-16(24)14-27-19-21-13-17(28-19)23-18(25)26-11-7-10-15-8-5-4-6-9-15/h13,15-16,22,24H,4-12,14H2,1-3H3,(H,23,25). The second kappa shape index (κ2) is 11.6. The number of nitrogens with zero attached hydrogens (tertiary/aromatic N) is 1. The van der Waals surface area contributed by atoms with Gasteiger partial charge in [0.1, 0.15) is 17.7 Å². The van der Waals surface area contributed by atoms with E-state index in [1.165, 1.54) is 49.6 Å². The van der Waals surface area contributed by atoms with Crippen molar-refractivity contribution in [1.29, 1.82) is 0 Å². The zero-order valence-corrected chi connectivity index (χ0v) is 18.1. The largest absolute Gasteiger partial charge is 0.467 e. The number of amides is 1. The number of thiazole rings is 1. The molecule has 0 bridgehead atoms. The topological polar surface area (TPSA) is 92.7 Å². The first kappa shape index (κ1) is 22.9. The molecular weight excluding hydrogens is 378 g/mol. The molecule has 1 aliphatic rings. The third-order valence-corrected chi connectivity index (χ3v) is 5.52. The highest BCUT2D eigenvalue weighted by Gasteiger charge is 2.15. The number of aliphatic hydroxyl groups is 1. The second-order valence-corrected chi connectivity index (χ2v) is 9.49. The number of carbonyl (C=O) groups excluding carboxylic acids is 1. The Labute approximate surface area is 172 Å². The summed E-state index contributed by atoms with van der Waals surface area (Å²) in [4.78, 5) is 16.0. The fourth-order valence-corrected chi connectivity index (χ4v) is 3.84. The fraction of sp³-hybridized carbons (Fsp3) is 0.800. The molecule has 0 aromatic carbocycles. The van der Waals surface area contributed by atoms with Crippen molar-refractivity contribution in [3.8, 4) is 5.19 Å². The Morgan fingerprint density at radius 3 is 2.82 bits per heavy atom. The molecule has 1 aromatic heterocycles. The number of hydrogen-bond donors (Lipinski definition) is 3. The van der Waals surface area contributed by atoms with Crippen molar-refractivity contribution < 1.29 is 19.4 Å². The number of nitrogens with one attached hydrogen (secondary N) is 2. The van der Waals surface area contributed by atoms with Gasteiger partial charge in [-0.15, -0.1) is 0 Å². The van der Waals surface area contributed by atoms with Gasteiger partial charge in [-0.1, -0.05) is 43.4 Å². The van der Waals surface area contributed by atoms with Crippen LogP contribution in [0.25, 0.3) is 0 Å². The van der Waals surface area contributed by atoms with Gasteiger partial charge < -0.3 is 19.9 Å². The summed E-state index contributed by atoms with van der Waals surface area (Å²) in [5.74, 6) is 0.801. The van der Waals surface area contributed by atoms with Gasteiger partial charge in [0.25, 0.3) is 5.19 Å². The lowest BCUT2D eigenvalue weighted by Gasteiger charge is -2.22. The first-order valence-electron chi connectivity index (χ1n) is 10.3. The van der Waals surface area contributed by atoms with Crippen LogP contribution in [0.1, 0.15) is 65.7 Å². The van der Waals surface area contributed by atoms with E-state index >= 15 is 0 Å². The Balaban J connectivity index is 1.58. The summed E-state index contributed by atoms with van der Waals surface area (Å²) in [7, 11) is 0. The van der Waals surface area contributed by atoms with Gasteiger partial charge in [0, 0.05) is 12.1 Å². The smallest absolute Gasteiger partial charge is 0.412 e. The number of ether oxygens (including phenoxy) is 2. The molecule has 1 aliphatic carbocycles. The normalized spacial score (nSPS) is 16.6. The molecule has 1 unspecified atom stereocenters. The highest BCUT2D eigenvalue weighted by molar-refractivity contribution is 7.17. The van der Waals surface area contributed by atoms with Crippen LogP contribution in [0.2, 0.25) is 0 Å². The molecule has 0 radical (unpaired) electrons. The minimum absolute atomic E-state index is 0.0595. The Morgan fingerprint density at radius 1 is 1.36 bits per heavy atom. The van der Waals surface area contributed by atoms with E-state index in [1.54, 1.807) is 0 Å². The Bertz CT molecular complexity index is 582. The van der Waals surface area contributed by atoms with Crippen LogP contribution < -0.4 is 15.4 Å². The Hall–Kier alpha value is -1.38. The van der Waals surface area contributed by atoms with Crippen molar-refractivity contribution in [3.63, 3.8) is 0 Å². The van der Waals surface area contributed by atoms with Gasteiger partial charge in [0.2, 0.25) is 0 Å². The molecule has 160 valence electrons. The number of aromatic nitrogens is 1. The van der Waals surface area contributed by atoms with Crippen molar-refractivity contribution in [1.82, 2.24) is 10.3 Å². The van der Waals surface area contributed by atoms with E-state index in [1.807, 2.05) is 20.8 Å². The van der Waals surface area contributed by atoms with E-state index in [2.05, 4.69) is 15.6 Å². The van der Waals surface area contributed by atoms with Crippen LogP contribution in [0.3, 0.4) is 0 Å². The molecule has 1 heterocycles. The van der Waals surface area contributed by atoms with Gasteiger partial charge in [-0.2, -0.15) is 0 Å². The number of carbonyl (C=O) groups is 1. The van der Waals surface area contributed by atoms with Crippen LogP contribution in [0.4, 0.5) is 9.80 Å². The lowest BCUT2D eigenvalue weighted by atomic mass is 9.86. The highest BCUT2D eigenvalue weighted by Crippen LogP contribution is 2.27. The zero-order chi connectivity index (χ0) is 20.4. The third kappa shape index (κ3) is 9.71. The number of rotatable bonds is 10. The molecule has 1 amide bonds. The van der Waals surface area contributed by atoms with Gasteiger partial charge in [-0.3, -0.25) is 5.32 Å². The maximum Gasteiger partial charge on any atom is 0.412 e. The zero-order valence-electron chi connectivity index (χ0n) is 17.3. The van der Waals surface area contributed by atoms with Gasteiger partial charge in [0.15, 0.2) is 0 Å². The van der Waals surface area contributed by atoms with E-state index in [4.69, 9.17) is 9.47 Å². The maximum atomic E-state index is 11.9. The minimum atomic E-state index is -0.631. The molecule has 1 saturated carbocycles. The van der Waals surface area contributed by atoms with Crippen molar-refractivity contribution >= 4 is 22.4 Å². The molecule has 7 nitrogen and oxygen atoms in total. The Kier molecular flexibility index (Phi) is 9.47. The molecule has 1 atom stereocenters. The molecule has 1 fully saturated rings. The molecule has 1 aromatic rings. The van der Waals surface area contributed by atoms with Crippen LogP contribution in [0, 0.1) is 5.92 Å². The number of aliphatic hydroxyl groups excluding tert-OH is 1. The first-order chi connectivity index (χ1) is 13.3. The second-order valence-electron chi connectivity index (χ2n) is 8.49. The van der Waals surface area contributed by atoms with E-state index in [0.29, 0.717) is 23.3 Å². The molecule has 2 rings (SSSR count). The maximum absolute atomic E-state index is 11.9. The quantitative estimate of drug-likeness (QED) is 0.498. The molecule has 3 N–H and O–H groups in total. The minimum Gasteiger partial charge on any atom is -0.467 e. The van der Waals surface area contributed by atoms with Crippen LogP contribution in [-0.2, 0) is 4.74 Å². The summed E-state index contributed by atoms with van der Waals surface area (Å²) < 4.78 is 10.7. The van der Waals surface area contributed by atoms with E-state index < -0.39 is 12.2 Å². The van der Waals surface area contributed by atoms with Gasteiger partial charge in [-0.25, -0.2) is 9.78 Å². The molecule has 28 heavy (non-hydrogen) atoms. The van der Waals surface area contributed by atoms with E-state index in [9.17, 15) is 9.90 Å². The number of anilines is 1.